The van der Waals surface area contributed by atoms with E-state index in [-0.39, 0.29) is 4.90 Å². The highest BCUT2D eigenvalue weighted by Crippen LogP contribution is 2.33. The van der Waals surface area contributed by atoms with E-state index in [0.717, 1.165) is 18.4 Å². The topological polar surface area (TPSA) is 70.1 Å². The number of hydrogen-bond donors (Lipinski definition) is 0. The number of rotatable bonds is 3. The van der Waals surface area contributed by atoms with Gasteiger partial charge >= 0.3 is 0 Å². The van der Waals surface area contributed by atoms with Crippen LogP contribution in [0, 0.1) is 5.92 Å². The molecule has 0 unspecified atom stereocenters. The molecule has 0 saturated carbocycles. The summed E-state index contributed by atoms with van der Waals surface area (Å²) >= 11 is 6.09. The van der Waals surface area contributed by atoms with E-state index in [2.05, 4.69) is 12.0 Å². The van der Waals surface area contributed by atoms with Crippen molar-refractivity contribution in [3.63, 3.8) is 0 Å². The molecule has 1 fully saturated rings. The number of hydrogen-bond acceptors (Lipinski definition) is 5. The van der Waals surface area contributed by atoms with Crippen LogP contribution < -0.4 is 5.01 Å². The molecular formula is C21H22ClN3O3S. The Balaban J connectivity index is 1.73. The summed E-state index contributed by atoms with van der Waals surface area (Å²) in [5.41, 5.74) is 1.32. The largest absolute Gasteiger partial charge is 0.337 e. The Morgan fingerprint density at radius 2 is 1.86 bits per heavy atom. The van der Waals surface area contributed by atoms with Crippen molar-refractivity contribution in [2.45, 2.75) is 31.2 Å². The summed E-state index contributed by atoms with van der Waals surface area (Å²) in [6, 6.07) is 13.9. The van der Waals surface area contributed by atoms with Crippen LogP contribution in [0.4, 0.5) is 5.69 Å². The number of para-hydroxylation sites is 1. The van der Waals surface area contributed by atoms with Crippen LogP contribution in [0.5, 0.6) is 0 Å². The van der Waals surface area contributed by atoms with Crippen molar-refractivity contribution in [2.75, 3.05) is 18.1 Å². The van der Waals surface area contributed by atoms with Gasteiger partial charge in [-0.15, -0.1) is 0 Å². The zero-order chi connectivity index (χ0) is 20.6. The van der Waals surface area contributed by atoms with Gasteiger partial charge in [-0.2, -0.15) is 5.10 Å². The third-order valence-corrected chi connectivity index (χ3v) is 7.30. The molecule has 0 aliphatic carbocycles. The second-order valence-corrected chi connectivity index (χ2v) is 9.81. The number of halogens is 1. The molecule has 2 aliphatic rings. The minimum Gasteiger partial charge on any atom is -0.337 e. The Bertz CT molecular complexity index is 1080. The molecule has 0 radical (unpaired) electrons. The molecule has 29 heavy (non-hydrogen) atoms. The number of fused-ring (bicyclic) bond motifs is 1. The van der Waals surface area contributed by atoms with E-state index in [0.29, 0.717) is 36.3 Å². The Labute approximate surface area is 175 Å². The molecular weight excluding hydrogens is 410 g/mol. The minimum atomic E-state index is -3.99. The summed E-state index contributed by atoms with van der Waals surface area (Å²) in [6.45, 7) is 3.54. The lowest BCUT2D eigenvalue weighted by molar-refractivity contribution is -0.125. The van der Waals surface area contributed by atoms with Crippen molar-refractivity contribution < 1.29 is 13.2 Å². The first-order chi connectivity index (χ1) is 13.9. The highest BCUT2D eigenvalue weighted by atomic mass is 35.5. The van der Waals surface area contributed by atoms with Crippen LogP contribution in [0.1, 0.15) is 25.3 Å². The van der Waals surface area contributed by atoms with E-state index in [1.807, 2.05) is 12.1 Å². The van der Waals surface area contributed by atoms with Crippen molar-refractivity contribution >= 4 is 38.1 Å². The fraction of sp³-hybridized carbons (Fsp3) is 0.333. The quantitative estimate of drug-likeness (QED) is 0.742. The Morgan fingerprint density at radius 1 is 1.14 bits per heavy atom. The first-order valence-corrected chi connectivity index (χ1v) is 11.5. The van der Waals surface area contributed by atoms with E-state index < -0.39 is 20.8 Å². The molecule has 4 rings (SSSR count). The molecule has 8 heteroatoms. The van der Waals surface area contributed by atoms with Gasteiger partial charge in [0.25, 0.3) is 5.91 Å². The molecule has 0 bridgehead atoms. The smallest absolute Gasteiger partial charge is 0.286 e. The highest BCUT2D eigenvalue weighted by Gasteiger charge is 2.39. The monoisotopic (exact) mass is 431 g/mol. The third kappa shape index (κ3) is 3.89. The summed E-state index contributed by atoms with van der Waals surface area (Å²) in [4.78, 5) is 14.8. The van der Waals surface area contributed by atoms with Crippen molar-refractivity contribution in [2.24, 2.45) is 11.0 Å². The lowest BCUT2D eigenvalue weighted by atomic mass is 9.99. The standard InChI is InChI=1S/C21H22ClN3O3S/c1-15-9-11-24(12-10-15)21(26)20-23-25(14-16-5-4-6-17(22)13-16)18-7-2-3-8-19(18)29(20,27)28/h2-8,13,15H,9-12,14H2,1H3. The second-order valence-electron chi connectivity index (χ2n) is 7.54. The van der Waals surface area contributed by atoms with Gasteiger partial charge in [0, 0.05) is 18.1 Å². The normalized spacial score (nSPS) is 18.9. The van der Waals surface area contributed by atoms with Crippen molar-refractivity contribution in [3.05, 3.63) is 59.1 Å². The van der Waals surface area contributed by atoms with Gasteiger partial charge in [0.05, 0.1) is 17.1 Å². The summed E-state index contributed by atoms with van der Waals surface area (Å²) in [6.07, 6.45) is 1.73. The van der Waals surface area contributed by atoms with Gasteiger partial charge in [0.1, 0.15) is 0 Å². The van der Waals surface area contributed by atoms with Gasteiger partial charge in [-0.3, -0.25) is 9.80 Å². The number of anilines is 1. The van der Waals surface area contributed by atoms with E-state index in [9.17, 15) is 13.2 Å². The lowest BCUT2D eigenvalue weighted by Gasteiger charge is -2.32. The highest BCUT2D eigenvalue weighted by molar-refractivity contribution is 8.08. The van der Waals surface area contributed by atoms with Crippen molar-refractivity contribution in [1.29, 1.82) is 0 Å². The van der Waals surface area contributed by atoms with Gasteiger partial charge in [0.2, 0.25) is 14.9 Å². The maximum atomic E-state index is 13.2. The molecule has 2 heterocycles. The van der Waals surface area contributed by atoms with Gasteiger partial charge in [-0.05, 0) is 48.6 Å². The van der Waals surface area contributed by atoms with Gasteiger partial charge < -0.3 is 4.90 Å². The average molecular weight is 432 g/mol. The van der Waals surface area contributed by atoms with Gasteiger partial charge in [-0.25, -0.2) is 8.42 Å². The molecule has 1 amide bonds. The van der Waals surface area contributed by atoms with Crippen LogP contribution in [0.25, 0.3) is 0 Å². The molecule has 2 aromatic carbocycles. The molecule has 0 N–H and O–H groups in total. The first kappa shape index (κ1) is 19.9. The summed E-state index contributed by atoms with van der Waals surface area (Å²) in [5.74, 6) is 0.00602. The number of hydrazone groups is 1. The van der Waals surface area contributed by atoms with E-state index in [1.54, 1.807) is 40.2 Å². The van der Waals surface area contributed by atoms with Crippen LogP contribution in [-0.4, -0.2) is 37.4 Å². The van der Waals surface area contributed by atoms with Gasteiger partial charge in [0.15, 0.2) is 0 Å². The van der Waals surface area contributed by atoms with E-state index in [1.165, 1.54) is 6.07 Å². The second kappa shape index (κ2) is 7.80. The molecule has 0 spiro atoms. The van der Waals surface area contributed by atoms with E-state index >= 15 is 0 Å². The number of carbonyl (C=O) groups excluding carboxylic acids is 1. The number of sulfone groups is 1. The molecule has 2 aliphatic heterocycles. The molecule has 152 valence electrons. The zero-order valence-electron chi connectivity index (χ0n) is 16.1. The maximum absolute atomic E-state index is 13.2. The van der Waals surface area contributed by atoms with Crippen LogP contribution in [0.2, 0.25) is 5.02 Å². The number of carbonyl (C=O) groups is 1. The molecule has 0 atom stereocenters. The SMILES string of the molecule is CC1CCN(C(=O)C2=NN(Cc3cccc(Cl)c3)c3ccccc3S2(=O)=O)CC1. The van der Waals surface area contributed by atoms with Gasteiger partial charge in [-0.1, -0.05) is 42.8 Å². The van der Waals surface area contributed by atoms with Crippen molar-refractivity contribution in [1.82, 2.24) is 4.90 Å². The fourth-order valence-corrected chi connectivity index (χ4v) is 5.35. The Morgan fingerprint density at radius 3 is 2.59 bits per heavy atom. The summed E-state index contributed by atoms with van der Waals surface area (Å²) in [7, 11) is -3.99. The van der Waals surface area contributed by atoms with Crippen LogP contribution in [0.3, 0.4) is 0 Å². The number of likely N-dealkylation sites (tertiary alicyclic amines) is 1. The lowest BCUT2D eigenvalue weighted by Crippen LogP contribution is -2.46. The first-order valence-electron chi connectivity index (χ1n) is 9.60. The van der Waals surface area contributed by atoms with Crippen molar-refractivity contribution in [3.8, 4) is 0 Å². The number of benzene rings is 2. The summed E-state index contributed by atoms with van der Waals surface area (Å²) in [5, 5.41) is 6.07. The number of amides is 1. The molecule has 0 aromatic heterocycles. The number of piperidine rings is 1. The average Bonchev–Trinajstić information content (AvgIpc) is 2.70. The predicted octanol–water partition coefficient (Wildman–Crippen LogP) is 3.71. The molecule has 2 aromatic rings. The maximum Gasteiger partial charge on any atom is 0.286 e. The van der Waals surface area contributed by atoms with E-state index in [4.69, 9.17) is 11.6 Å². The zero-order valence-corrected chi connectivity index (χ0v) is 17.7. The minimum absolute atomic E-state index is 0.103. The number of nitrogens with zero attached hydrogens (tertiary/aromatic N) is 3. The third-order valence-electron chi connectivity index (χ3n) is 5.37. The van der Waals surface area contributed by atoms with Crippen LogP contribution in [-0.2, 0) is 21.2 Å². The Hall–Kier alpha value is -2.38. The Kier molecular flexibility index (Phi) is 5.36. The molecule has 6 nitrogen and oxygen atoms in total. The fourth-order valence-electron chi connectivity index (χ4n) is 3.65. The predicted molar refractivity (Wildman–Crippen MR) is 114 cm³/mol. The van der Waals surface area contributed by atoms with Crippen LogP contribution >= 0.6 is 11.6 Å². The summed E-state index contributed by atoms with van der Waals surface area (Å²) < 4.78 is 26.4. The van der Waals surface area contributed by atoms with Crippen LogP contribution in [0.15, 0.2) is 58.5 Å². The molecule has 1 saturated heterocycles.